The molecule has 0 saturated carbocycles. The lowest BCUT2D eigenvalue weighted by Crippen LogP contribution is -2.27. The van der Waals surface area contributed by atoms with Crippen molar-refractivity contribution in [3.63, 3.8) is 0 Å². The second-order valence-corrected chi connectivity index (χ2v) is 7.07. The third-order valence-electron chi connectivity index (χ3n) is 3.82. The fraction of sp³-hybridized carbons (Fsp3) is 0.176. The number of rotatable bonds is 5. The summed E-state index contributed by atoms with van der Waals surface area (Å²) >= 11 is 0. The number of hydrogen-bond donors (Lipinski definition) is 1. The van der Waals surface area contributed by atoms with Gasteiger partial charge in [0.1, 0.15) is 11.9 Å². The molecule has 1 N–H and O–H groups in total. The van der Waals surface area contributed by atoms with Crippen LogP contribution >= 0.6 is 0 Å². The SMILES string of the molecule is Cn1c(CCNS(=O)(=O)c2ccccc2C#N)nc2ccccc21. The zero-order valence-corrected chi connectivity index (χ0v) is 13.9. The third kappa shape index (κ3) is 3.02. The second kappa shape index (κ2) is 6.43. The minimum atomic E-state index is -3.73. The number of aryl methyl sites for hydroxylation is 1. The van der Waals surface area contributed by atoms with Crippen LogP contribution in [0.5, 0.6) is 0 Å². The highest BCUT2D eigenvalue weighted by atomic mass is 32.2. The number of nitrogens with zero attached hydrogens (tertiary/aromatic N) is 3. The van der Waals surface area contributed by atoms with E-state index >= 15 is 0 Å². The van der Waals surface area contributed by atoms with E-state index in [1.807, 2.05) is 41.9 Å². The molecule has 1 aromatic heterocycles. The highest BCUT2D eigenvalue weighted by Gasteiger charge is 2.18. The number of fused-ring (bicyclic) bond motifs is 1. The van der Waals surface area contributed by atoms with Crippen molar-refractivity contribution in [3.8, 4) is 6.07 Å². The molecule has 1 heterocycles. The molecule has 2 aromatic carbocycles. The lowest BCUT2D eigenvalue weighted by Gasteiger charge is -2.08. The number of hydrogen-bond acceptors (Lipinski definition) is 4. The zero-order valence-electron chi connectivity index (χ0n) is 13.1. The molecule has 24 heavy (non-hydrogen) atoms. The molecule has 3 aromatic rings. The predicted molar refractivity (Wildman–Crippen MR) is 90.8 cm³/mol. The van der Waals surface area contributed by atoms with Crippen LogP contribution in [0.15, 0.2) is 53.4 Å². The van der Waals surface area contributed by atoms with Gasteiger partial charge in [0, 0.05) is 20.0 Å². The lowest BCUT2D eigenvalue weighted by molar-refractivity contribution is 0.580. The molecule has 0 amide bonds. The first-order valence-electron chi connectivity index (χ1n) is 7.42. The second-order valence-electron chi connectivity index (χ2n) is 5.33. The summed E-state index contributed by atoms with van der Waals surface area (Å²) in [6.07, 6.45) is 0.457. The Balaban J connectivity index is 1.76. The Kier molecular flexibility index (Phi) is 4.34. The summed E-state index contributed by atoms with van der Waals surface area (Å²) < 4.78 is 29.2. The summed E-state index contributed by atoms with van der Waals surface area (Å²) in [7, 11) is -1.82. The Morgan fingerprint density at radius 2 is 1.88 bits per heavy atom. The van der Waals surface area contributed by atoms with Gasteiger partial charge in [-0.1, -0.05) is 24.3 Å². The van der Waals surface area contributed by atoms with Crippen LogP contribution in [0, 0.1) is 11.3 Å². The van der Waals surface area contributed by atoms with E-state index in [2.05, 4.69) is 9.71 Å². The van der Waals surface area contributed by atoms with E-state index in [-0.39, 0.29) is 17.0 Å². The minimum absolute atomic E-state index is 0.00231. The Hall–Kier alpha value is -2.69. The van der Waals surface area contributed by atoms with Gasteiger partial charge in [-0.2, -0.15) is 5.26 Å². The maximum Gasteiger partial charge on any atom is 0.241 e. The summed E-state index contributed by atoms with van der Waals surface area (Å²) in [6.45, 7) is 0.208. The number of nitrogens with one attached hydrogen (secondary N) is 1. The van der Waals surface area contributed by atoms with E-state index < -0.39 is 10.0 Å². The van der Waals surface area contributed by atoms with Crippen molar-refractivity contribution in [1.82, 2.24) is 14.3 Å². The highest BCUT2D eigenvalue weighted by molar-refractivity contribution is 7.89. The molecular weight excluding hydrogens is 324 g/mol. The van der Waals surface area contributed by atoms with Crippen LogP contribution in [0.4, 0.5) is 0 Å². The van der Waals surface area contributed by atoms with E-state index in [0.29, 0.717) is 6.42 Å². The Morgan fingerprint density at radius 3 is 2.62 bits per heavy atom. The van der Waals surface area contributed by atoms with E-state index in [9.17, 15) is 8.42 Å². The van der Waals surface area contributed by atoms with Gasteiger partial charge in [0.25, 0.3) is 0 Å². The van der Waals surface area contributed by atoms with E-state index in [4.69, 9.17) is 5.26 Å². The van der Waals surface area contributed by atoms with E-state index in [1.165, 1.54) is 12.1 Å². The molecule has 7 heteroatoms. The molecule has 0 aliphatic heterocycles. The first-order chi connectivity index (χ1) is 11.5. The van der Waals surface area contributed by atoms with Gasteiger partial charge in [0.15, 0.2) is 0 Å². The third-order valence-corrected chi connectivity index (χ3v) is 5.34. The van der Waals surface area contributed by atoms with Crippen molar-refractivity contribution in [1.29, 1.82) is 5.26 Å². The molecule has 0 fully saturated rings. The van der Waals surface area contributed by atoms with Crippen LogP contribution in [0.2, 0.25) is 0 Å². The summed E-state index contributed by atoms with van der Waals surface area (Å²) in [5, 5.41) is 9.05. The van der Waals surface area contributed by atoms with Crippen molar-refractivity contribution in [2.24, 2.45) is 7.05 Å². The van der Waals surface area contributed by atoms with Gasteiger partial charge in [0.05, 0.1) is 21.5 Å². The Morgan fingerprint density at radius 1 is 1.17 bits per heavy atom. The quantitative estimate of drug-likeness (QED) is 0.769. The smallest absolute Gasteiger partial charge is 0.241 e. The molecule has 0 spiro atoms. The first kappa shape index (κ1) is 16.2. The number of aromatic nitrogens is 2. The molecule has 0 aliphatic carbocycles. The fourth-order valence-corrected chi connectivity index (χ4v) is 3.77. The molecule has 0 aliphatic rings. The molecule has 0 saturated heterocycles. The topological polar surface area (TPSA) is 87.8 Å². The molecule has 122 valence electrons. The fourth-order valence-electron chi connectivity index (χ4n) is 2.59. The summed E-state index contributed by atoms with van der Waals surface area (Å²) in [6, 6.07) is 15.8. The van der Waals surface area contributed by atoms with Crippen LogP contribution in [0.25, 0.3) is 11.0 Å². The van der Waals surface area contributed by atoms with Crippen LogP contribution < -0.4 is 4.72 Å². The zero-order chi connectivity index (χ0) is 17.2. The lowest BCUT2D eigenvalue weighted by atomic mass is 10.2. The predicted octanol–water partition coefficient (Wildman–Crippen LogP) is 1.97. The molecule has 0 bridgehead atoms. The maximum atomic E-state index is 12.4. The average molecular weight is 340 g/mol. The number of para-hydroxylation sites is 2. The molecule has 0 radical (unpaired) electrons. The van der Waals surface area contributed by atoms with Crippen molar-refractivity contribution < 1.29 is 8.42 Å². The molecule has 6 nitrogen and oxygen atoms in total. The van der Waals surface area contributed by atoms with E-state index in [1.54, 1.807) is 12.1 Å². The van der Waals surface area contributed by atoms with Gasteiger partial charge in [-0.25, -0.2) is 18.1 Å². The van der Waals surface area contributed by atoms with Gasteiger partial charge in [0.2, 0.25) is 10.0 Å². The first-order valence-corrected chi connectivity index (χ1v) is 8.90. The van der Waals surface area contributed by atoms with Crippen molar-refractivity contribution in [2.45, 2.75) is 11.3 Å². The van der Waals surface area contributed by atoms with Gasteiger partial charge in [-0.15, -0.1) is 0 Å². The molecule has 3 rings (SSSR count). The van der Waals surface area contributed by atoms with Crippen LogP contribution in [0.3, 0.4) is 0 Å². The van der Waals surface area contributed by atoms with Crippen molar-refractivity contribution in [3.05, 3.63) is 59.9 Å². The summed E-state index contributed by atoms with van der Waals surface area (Å²) in [5.41, 5.74) is 2.02. The summed E-state index contributed by atoms with van der Waals surface area (Å²) in [5.74, 6) is 0.799. The molecule has 0 unspecified atom stereocenters. The van der Waals surface area contributed by atoms with Gasteiger partial charge < -0.3 is 4.57 Å². The standard InChI is InChI=1S/C17H16N4O2S/c1-21-15-8-4-3-7-14(15)20-17(21)10-11-19-24(22,23)16-9-5-2-6-13(16)12-18/h2-9,19H,10-11H2,1H3. The van der Waals surface area contributed by atoms with E-state index in [0.717, 1.165) is 16.9 Å². The largest absolute Gasteiger partial charge is 0.331 e. The molecular formula is C17H16N4O2S. The number of nitriles is 1. The van der Waals surface area contributed by atoms with Crippen LogP contribution in [-0.2, 0) is 23.5 Å². The monoisotopic (exact) mass is 340 g/mol. The number of imidazole rings is 1. The van der Waals surface area contributed by atoms with Gasteiger partial charge in [-0.3, -0.25) is 0 Å². The number of benzene rings is 2. The van der Waals surface area contributed by atoms with Crippen LogP contribution in [0.1, 0.15) is 11.4 Å². The Bertz CT molecular complexity index is 1030. The minimum Gasteiger partial charge on any atom is -0.331 e. The van der Waals surface area contributed by atoms with Crippen LogP contribution in [-0.4, -0.2) is 24.5 Å². The highest BCUT2D eigenvalue weighted by Crippen LogP contribution is 2.16. The van der Waals surface area contributed by atoms with Crippen molar-refractivity contribution >= 4 is 21.1 Å². The Labute approximate surface area is 140 Å². The van der Waals surface area contributed by atoms with Gasteiger partial charge >= 0.3 is 0 Å². The molecule has 0 atom stereocenters. The summed E-state index contributed by atoms with van der Waals surface area (Å²) in [4.78, 5) is 4.51. The number of sulfonamides is 1. The maximum absolute atomic E-state index is 12.4. The average Bonchev–Trinajstić information content (AvgIpc) is 2.91. The van der Waals surface area contributed by atoms with Crippen molar-refractivity contribution in [2.75, 3.05) is 6.54 Å². The van der Waals surface area contributed by atoms with Gasteiger partial charge in [-0.05, 0) is 24.3 Å². The normalized spacial score (nSPS) is 11.5.